The molecule has 4 heteroatoms. The van der Waals surface area contributed by atoms with E-state index >= 15 is 0 Å². The van der Waals surface area contributed by atoms with E-state index in [0.29, 0.717) is 6.42 Å². The van der Waals surface area contributed by atoms with E-state index in [1.54, 1.807) is 0 Å². The predicted molar refractivity (Wildman–Crippen MR) is 65.9 cm³/mol. The summed E-state index contributed by atoms with van der Waals surface area (Å²) in [5.41, 5.74) is 0. The van der Waals surface area contributed by atoms with Crippen LogP contribution in [0.3, 0.4) is 0 Å². The molecule has 0 aromatic heterocycles. The molecule has 0 saturated carbocycles. The molecule has 4 nitrogen and oxygen atoms in total. The summed E-state index contributed by atoms with van der Waals surface area (Å²) in [5.74, 6) is -3.57. The average molecular weight is 244 g/mol. The van der Waals surface area contributed by atoms with Crippen LogP contribution < -0.4 is 0 Å². The highest BCUT2D eigenvalue weighted by atomic mass is 16.4. The van der Waals surface area contributed by atoms with Crippen molar-refractivity contribution in [1.29, 1.82) is 0 Å². The molecule has 0 fully saturated rings. The van der Waals surface area contributed by atoms with Gasteiger partial charge in [0.1, 0.15) is 0 Å². The second-order valence-electron chi connectivity index (χ2n) is 4.63. The number of hydrogen-bond donors (Lipinski definition) is 2. The molecule has 17 heavy (non-hydrogen) atoms. The number of rotatable bonds is 10. The van der Waals surface area contributed by atoms with Crippen molar-refractivity contribution in [1.82, 2.24) is 0 Å². The molecule has 2 N–H and O–H groups in total. The maximum absolute atomic E-state index is 10.9. The lowest BCUT2D eigenvalue weighted by molar-refractivity contribution is -0.153. The Kier molecular flexibility index (Phi) is 8.46. The lowest BCUT2D eigenvalue weighted by Crippen LogP contribution is -2.27. The van der Waals surface area contributed by atoms with Crippen LogP contribution in [0.4, 0.5) is 0 Å². The van der Waals surface area contributed by atoms with Crippen molar-refractivity contribution < 1.29 is 19.8 Å². The van der Waals surface area contributed by atoms with Crippen LogP contribution in [-0.4, -0.2) is 22.2 Å². The standard InChI is InChI=1S/C13H24O4/c1-3-4-5-6-7-8-9-11(13(16)17)10(2)12(14)15/h10-11H,3-9H2,1-2H3,(H,14,15)(H,16,17)/t10-,11-/m1/s1. The molecular formula is C13H24O4. The van der Waals surface area contributed by atoms with E-state index in [1.165, 1.54) is 26.2 Å². The minimum Gasteiger partial charge on any atom is -0.481 e. The molecule has 0 aliphatic rings. The maximum Gasteiger partial charge on any atom is 0.307 e. The predicted octanol–water partition coefficient (Wildman–Crippen LogP) is 3.16. The highest BCUT2D eigenvalue weighted by Gasteiger charge is 2.29. The van der Waals surface area contributed by atoms with Crippen molar-refractivity contribution in [2.75, 3.05) is 0 Å². The van der Waals surface area contributed by atoms with Crippen LogP contribution >= 0.6 is 0 Å². The van der Waals surface area contributed by atoms with Gasteiger partial charge in [0.15, 0.2) is 0 Å². The van der Waals surface area contributed by atoms with Gasteiger partial charge in [-0.25, -0.2) is 0 Å². The normalized spacial score (nSPS) is 14.2. The number of carboxylic acids is 2. The Morgan fingerprint density at radius 2 is 1.47 bits per heavy atom. The second-order valence-corrected chi connectivity index (χ2v) is 4.63. The fourth-order valence-electron chi connectivity index (χ4n) is 1.90. The molecule has 0 radical (unpaired) electrons. The summed E-state index contributed by atoms with van der Waals surface area (Å²) in [6, 6.07) is 0. The first kappa shape index (κ1) is 15.9. The van der Waals surface area contributed by atoms with Crippen molar-refractivity contribution in [3.63, 3.8) is 0 Å². The minimum absolute atomic E-state index is 0.467. The smallest absolute Gasteiger partial charge is 0.307 e. The van der Waals surface area contributed by atoms with E-state index < -0.39 is 23.8 Å². The molecule has 0 rings (SSSR count). The molecule has 2 atom stereocenters. The van der Waals surface area contributed by atoms with Crippen LogP contribution in [0.15, 0.2) is 0 Å². The van der Waals surface area contributed by atoms with Crippen LogP contribution in [0.5, 0.6) is 0 Å². The van der Waals surface area contributed by atoms with Crippen LogP contribution in [0, 0.1) is 11.8 Å². The quantitative estimate of drug-likeness (QED) is 0.579. The van der Waals surface area contributed by atoms with Gasteiger partial charge in [0.25, 0.3) is 0 Å². The van der Waals surface area contributed by atoms with Gasteiger partial charge in [0, 0.05) is 0 Å². The van der Waals surface area contributed by atoms with E-state index in [0.717, 1.165) is 19.3 Å². The minimum atomic E-state index is -1.02. The summed E-state index contributed by atoms with van der Waals surface area (Å²) in [6.45, 7) is 3.62. The fraction of sp³-hybridized carbons (Fsp3) is 0.846. The zero-order valence-corrected chi connectivity index (χ0v) is 10.8. The first-order valence-corrected chi connectivity index (χ1v) is 6.46. The Morgan fingerprint density at radius 3 is 1.94 bits per heavy atom. The third kappa shape index (κ3) is 6.97. The number of carbonyl (C=O) groups is 2. The number of carboxylic acid groups (broad SMARTS) is 2. The zero-order chi connectivity index (χ0) is 13.3. The molecule has 0 aliphatic carbocycles. The summed E-state index contributed by atoms with van der Waals surface area (Å²) in [4.78, 5) is 21.7. The second kappa shape index (κ2) is 9.02. The molecule has 0 aromatic carbocycles. The molecule has 0 amide bonds. The summed E-state index contributed by atoms with van der Waals surface area (Å²) in [6.07, 6.45) is 6.97. The Morgan fingerprint density at radius 1 is 0.941 bits per heavy atom. The van der Waals surface area contributed by atoms with Crippen LogP contribution in [0.2, 0.25) is 0 Å². The highest BCUT2D eigenvalue weighted by Crippen LogP contribution is 2.20. The van der Waals surface area contributed by atoms with Crippen molar-refractivity contribution in [2.45, 2.75) is 58.8 Å². The number of aliphatic carboxylic acids is 2. The molecule has 0 saturated heterocycles. The van der Waals surface area contributed by atoms with Gasteiger partial charge in [-0.2, -0.15) is 0 Å². The molecule has 0 aliphatic heterocycles. The molecule has 0 aromatic rings. The molecule has 100 valence electrons. The number of unbranched alkanes of at least 4 members (excludes halogenated alkanes) is 5. The van der Waals surface area contributed by atoms with Crippen LogP contribution in [0.1, 0.15) is 58.8 Å². The lowest BCUT2D eigenvalue weighted by Gasteiger charge is -2.16. The Labute approximate surface area is 103 Å². The van der Waals surface area contributed by atoms with Gasteiger partial charge >= 0.3 is 11.9 Å². The third-order valence-corrected chi connectivity index (χ3v) is 3.18. The van der Waals surface area contributed by atoms with Crippen molar-refractivity contribution >= 4 is 11.9 Å². The maximum atomic E-state index is 10.9. The molecule has 0 bridgehead atoms. The first-order chi connectivity index (χ1) is 8.00. The van der Waals surface area contributed by atoms with Gasteiger partial charge in [-0.15, -0.1) is 0 Å². The molecular weight excluding hydrogens is 220 g/mol. The van der Waals surface area contributed by atoms with Gasteiger partial charge in [0.05, 0.1) is 11.8 Å². The zero-order valence-electron chi connectivity index (χ0n) is 10.8. The average Bonchev–Trinajstić information content (AvgIpc) is 2.26. The largest absolute Gasteiger partial charge is 0.481 e. The lowest BCUT2D eigenvalue weighted by atomic mass is 9.89. The van der Waals surface area contributed by atoms with Crippen molar-refractivity contribution in [3.05, 3.63) is 0 Å². The summed E-state index contributed by atoms with van der Waals surface area (Å²) < 4.78 is 0. The van der Waals surface area contributed by atoms with Crippen LogP contribution in [0.25, 0.3) is 0 Å². The van der Waals surface area contributed by atoms with Gasteiger partial charge in [-0.05, 0) is 6.42 Å². The SMILES string of the molecule is CCCCCCCC[C@@H](C(=O)O)[C@@H](C)C(=O)O. The van der Waals surface area contributed by atoms with Gasteiger partial charge in [0.2, 0.25) is 0 Å². The monoisotopic (exact) mass is 244 g/mol. The Hall–Kier alpha value is -1.06. The summed E-state index contributed by atoms with van der Waals surface area (Å²) in [7, 11) is 0. The topological polar surface area (TPSA) is 74.6 Å². The number of hydrogen-bond acceptors (Lipinski definition) is 2. The van der Waals surface area contributed by atoms with E-state index in [9.17, 15) is 9.59 Å². The fourth-order valence-corrected chi connectivity index (χ4v) is 1.90. The Balaban J connectivity index is 3.87. The summed E-state index contributed by atoms with van der Waals surface area (Å²) >= 11 is 0. The molecule has 0 unspecified atom stereocenters. The van der Waals surface area contributed by atoms with E-state index in [-0.39, 0.29) is 0 Å². The van der Waals surface area contributed by atoms with Crippen LogP contribution in [-0.2, 0) is 9.59 Å². The van der Waals surface area contributed by atoms with E-state index in [2.05, 4.69) is 6.92 Å². The third-order valence-electron chi connectivity index (χ3n) is 3.18. The molecule has 0 heterocycles. The van der Waals surface area contributed by atoms with E-state index in [4.69, 9.17) is 10.2 Å². The van der Waals surface area contributed by atoms with Gasteiger partial charge in [-0.3, -0.25) is 9.59 Å². The summed E-state index contributed by atoms with van der Waals surface area (Å²) in [5, 5.41) is 17.8. The molecule has 0 spiro atoms. The van der Waals surface area contributed by atoms with Crippen molar-refractivity contribution in [2.24, 2.45) is 11.8 Å². The van der Waals surface area contributed by atoms with Gasteiger partial charge in [-0.1, -0.05) is 52.4 Å². The van der Waals surface area contributed by atoms with Crippen molar-refractivity contribution in [3.8, 4) is 0 Å². The highest BCUT2D eigenvalue weighted by molar-refractivity contribution is 5.79. The Bertz CT molecular complexity index is 238. The van der Waals surface area contributed by atoms with Gasteiger partial charge < -0.3 is 10.2 Å². The first-order valence-electron chi connectivity index (χ1n) is 6.46. The van der Waals surface area contributed by atoms with E-state index in [1.807, 2.05) is 0 Å².